The first kappa shape index (κ1) is 30.2. The summed E-state index contributed by atoms with van der Waals surface area (Å²) >= 11 is 0. The third-order valence-corrected chi connectivity index (χ3v) is 5.04. The van der Waals surface area contributed by atoms with Gasteiger partial charge in [-0.25, -0.2) is 14.4 Å². The van der Waals surface area contributed by atoms with E-state index in [0.29, 0.717) is 11.1 Å². The lowest BCUT2D eigenvalue weighted by atomic mass is 9.95. The van der Waals surface area contributed by atoms with Crippen molar-refractivity contribution in [2.45, 2.75) is 33.0 Å². The number of aliphatic hydroxyl groups excluding tert-OH is 2. The smallest absolute Gasteiger partial charge is 0.338 e. The van der Waals surface area contributed by atoms with E-state index < -0.39 is 49.3 Å². The van der Waals surface area contributed by atoms with Crippen LogP contribution in [0.3, 0.4) is 0 Å². The Balaban J connectivity index is 2.09. The summed E-state index contributed by atoms with van der Waals surface area (Å²) in [5.41, 5.74) is 1.18. The number of ether oxygens (including phenoxy) is 4. The second kappa shape index (κ2) is 14.7. The SMILES string of the molecule is C=C(C)C(=O)OCC(O)COC(=O)c1ccccc1-c1ccccc1C(=O)OCC(O)COC(=O)C(C)C. The molecule has 2 atom stereocenters. The third-order valence-electron chi connectivity index (χ3n) is 5.04. The van der Waals surface area contributed by atoms with Crippen molar-refractivity contribution in [3.8, 4) is 11.1 Å². The molecule has 0 aromatic heterocycles. The molecule has 0 radical (unpaired) electrons. The van der Waals surface area contributed by atoms with Crippen molar-refractivity contribution in [1.82, 2.24) is 0 Å². The third kappa shape index (κ3) is 9.13. The Hall–Kier alpha value is -4.02. The molecule has 0 fully saturated rings. The lowest BCUT2D eigenvalue weighted by molar-refractivity contribution is -0.151. The van der Waals surface area contributed by atoms with Gasteiger partial charge in [0.2, 0.25) is 0 Å². The second-order valence-electron chi connectivity index (χ2n) is 8.76. The summed E-state index contributed by atoms with van der Waals surface area (Å²) in [6.45, 7) is 6.68. The van der Waals surface area contributed by atoms with Crippen molar-refractivity contribution in [3.05, 3.63) is 71.8 Å². The number of aliphatic hydroxyl groups is 2. The number of rotatable bonds is 13. The molecule has 38 heavy (non-hydrogen) atoms. The van der Waals surface area contributed by atoms with Gasteiger partial charge in [0.1, 0.15) is 38.6 Å². The minimum absolute atomic E-state index is 0.125. The van der Waals surface area contributed by atoms with Crippen molar-refractivity contribution in [3.63, 3.8) is 0 Å². The minimum Gasteiger partial charge on any atom is -0.463 e. The Morgan fingerprint density at radius 1 is 0.711 bits per heavy atom. The summed E-state index contributed by atoms with van der Waals surface area (Å²) in [4.78, 5) is 48.6. The van der Waals surface area contributed by atoms with Crippen molar-refractivity contribution < 1.29 is 48.3 Å². The van der Waals surface area contributed by atoms with Crippen molar-refractivity contribution in [2.75, 3.05) is 26.4 Å². The molecule has 204 valence electrons. The van der Waals surface area contributed by atoms with E-state index >= 15 is 0 Å². The van der Waals surface area contributed by atoms with Crippen LogP contribution in [0.1, 0.15) is 41.5 Å². The van der Waals surface area contributed by atoms with Crippen molar-refractivity contribution in [2.24, 2.45) is 5.92 Å². The predicted octanol–water partition coefficient (Wildman–Crippen LogP) is 2.71. The average Bonchev–Trinajstić information content (AvgIpc) is 2.91. The van der Waals surface area contributed by atoms with Gasteiger partial charge in [0.25, 0.3) is 0 Å². The second-order valence-corrected chi connectivity index (χ2v) is 8.76. The van der Waals surface area contributed by atoms with Crippen molar-refractivity contribution >= 4 is 23.9 Å². The highest BCUT2D eigenvalue weighted by Crippen LogP contribution is 2.28. The van der Waals surface area contributed by atoms with E-state index in [1.165, 1.54) is 19.1 Å². The molecule has 0 aliphatic rings. The maximum absolute atomic E-state index is 12.8. The predicted molar refractivity (Wildman–Crippen MR) is 136 cm³/mol. The van der Waals surface area contributed by atoms with Gasteiger partial charge >= 0.3 is 23.9 Å². The molecule has 0 aliphatic carbocycles. The van der Waals surface area contributed by atoms with Gasteiger partial charge < -0.3 is 29.2 Å². The molecule has 2 rings (SSSR count). The summed E-state index contributed by atoms with van der Waals surface area (Å²) in [7, 11) is 0. The van der Waals surface area contributed by atoms with Crippen LogP contribution in [0.2, 0.25) is 0 Å². The molecule has 2 aromatic rings. The number of benzene rings is 2. The van der Waals surface area contributed by atoms with E-state index in [9.17, 15) is 29.4 Å². The minimum atomic E-state index is -1.25. The van der Waals surface area contributed by atoms with Crippen LogP contribution in [0, 0.1) is 5.92 Å². The van der Waals surface area contributed by atoms with E-state index in [4.69, 9.17) is 18.9 Å². The van der Waals surface area contributed by atoms with Crippen LogP contribution in [-0.4, -0.2) is 72.7 Å². The van der Waals surface area contributed by atoms with Gasteiger partial charge in [0, 0.05) is 5.57 Å². The highest BCUT2D eigenvalue weighted by atomic mass is 16.6. The zero-order valence-electron chi connectivity index (χ0n) is 21.5. The summed E-state index contributed by atoms with van der Waals surface area (Å²) in [5.74, 6) is -3.03. The van der Waals surface area contributed by atoms with Gasteiger partial charge in [0.15, 0.2) is 0 Å². The molecular weight excluding hydrogens is 496 g/mol. The Morgan fingerprint density at radius 3 is 1.53 bits per heavy atom. The molecule has 0 saturated carbocycles. The lowest BCUT2D eigenvalue weighted by Gasteiger charge is -2.16. The molecule has 0 saturated heterocycles. The van der Waals surface area contributed by atoms with E-state index in [1.807, 2.05) is 0 Å². The zero-order chi connectivity index (χ0) is 28.2. The Morgan fingerprint density at radius 2 is 1.11 bits per heavy atom. The zero-order valence-corrected chi connectivity index (χ0v) is 21.5. The first-order valence-corrected chi connectivity index (χ1v) is 11.9. The molecule has 2 unspecified atom stereocenters. The molecular formula is C28H32O10. The molecule has 2 N–H and O–H groups in total. The topological polar surface area (TPSA) is 146 Å². The molecule has 10 nitrogen and oxygen atoms in total. The molecule has 0 bridgehead atoms. The fourth-order valence-corrected chi connectivity index (χ4v) is 3.03. The van der Waals surface area contributed by atoms with E-state index in [0.717, 1.165) is 0 Å². The number of carbonyl (C=O) groups excluding carboxylic acids is 4. The highest BCUT2D eigenvalue weighted by Gasteiger charge is 2.22. The molecule has 10 heteroatoms. The quantitative estimate of drug-likeness (QED) is 0.226. The Labute approximate surface area is 220 Å². The van der Waals surface area contributed by atoms with Crippen LogP contribution < -0.4 is 0 Å². The molecule has 0 amide bonds. The number of hydrogen-bond donors (Lipinski definition) is 2. The van der Waals surface area contributed by atoms with E-state index in [1.54, 1.807) is 50.2 Å². The maximum Gasteiger partial charge on any atom is 0.338 e. The molecule has 0 heterocycles. The van der Waals surface area contributed by atoms with Gasteiger partial charge in [-0.3, -0.25) is 4.79 Å². The van der Waals surface area contributed by atoms with Crippen LogP contribution >= 0.6 is 0 Å². The van der Waals surface area contributed by atoms with Crippen molar-refractivity contribution in [1.29, 1.82) is 0 Å². The summed E-state index contributed by atoms with van der Waals surface area (Å²) in [6.07, 6.45) is -2.46. The first-order chi connectivity index (χ1) is 18.0. The standard InChI is InChI=1S/C28H32O10/c1-17(2)25(31)35-13-19(29)15-37-27(33)23-11-7-5-9-21(23)22-10-6-8-12-24(22)28(34)38-16-20(30)14-36-26(32)18(3)4/h5-12,18-20,29-30H,1,13-16H2,2-4H3. The monoisotopic (exact) mass is 528 g/mol. The summed E-state index contributed by atoms with van der Waals surface area (Å²) in [5, 5.41) is 20.0. The van der Waals surface area contributed by atoms with Crippen LogP contribution in [0.4, 0.5) is 0 Å². The summed E-state index contributed by atoms with van der Waals surface area (Å²) in [6, 6.07) is 12.8. The van der Waals surface area contributed by atoms with Crippen LogP contribution in [-0.2, 0) is 28.5 Å². The van der Waals surface area contributed by atoms with E-state index in [2.05, 4.69) is 6.58 Å². The van der Waals surface area contributed by atoms with Gasteiger partial charge in [-0.1, -0.05) is 56.8 Å². The van der Waals surface area contributed by atoms with Gasteiger partial charge in [-0.15, -0.1) is 0 Å². The summed E-state index contributed by atoms with van der Waals surface area (Å²) < 4.78 is 20.2. The lowest BCUT2D eigenvalue weighted by Crippen LogP contribution is -2.26. The molecule has 0 aliphatic heterocycles. The Bertz CT molecular complexity index is 1150. The maximum atomic E-state index is 12.8. The first-order valence-electron chi connectivity index (χ1n) is 11.9. The molecule has 2 aromatic carbocycles. The van der Waals surface area contributed by atoms with Gasteiger partial charge in [-0.05, 0) is 30.2 Å². The number of esters is 4. The highest BCUT2D eigenvalue weighted by molar-refractivity contribution is 6.03. The van der Waals surface area contributed by atoms with E-state index in [-0.39, 0.29) is 35.8 Å². The average molecular weight is 529 g/mol. The van der Waals surface area contributed by atoms with Gasteiger partial charge in [0.05, 0.1) is 17.0 Å². The molecule has 0 spiro atoms. The fourth-order valence-electron chi connectivity index (χ4n) is 3.03. The number of carbonyl (C=O) groups is 4. The fraction of sp³-hybridized carbons (Fsp3) is 0.357. The van der Waals surface area contributed by atoms with Crippen LogP contribution in [0.15, 0.2) is 60.7 Å². The number of hydrogen-bond acceptors (Lipinski definition) is 10. The van der Waals surface area contributed by atoms with Crippen LogP contribution in [0.5, 0.6) is 0 Å². The Kier molecular flexibility index (Phi) is 11.6. The largest absolute Gasteiger partial charge is 0.463 e. The van der Waals surface area contributed by atoms with Crippen LogP contribution in [0.25, 0.3) is 11.1 Å². The normalized spacial score (nSPS) is 12.3. The van der Waals surface area contributed by atoms with Gasteiger partial charge in [-0.2, -0.15) is 0 Å².